The Bertz CT molecular complexity index is 885. The van der Waals surface area contributed by atoms with Gasteiger partial charge in [0.2, 0.25) is 0 Å². The second kappa shape index (κ2) is 8.33. The van der Waals surface area contributed by atoms with Gasteiger partial charge in [0, 0.05) is 5.69 Å². The summed E-state index contributed by atoms with van der Waals surface area (Å²) in [4.78, 5) is 12.3. The van der Waals surface area contributed by atoms with Crippen molar-refractivity contribution < 1.29 is 9.53 Å². The summed E-state index contributed by atoms with van der Waals surface area (Å²) >= 11 is 0. The molecule has 0 atom stereocenters. The number of ether oxygens (including phenoxy) is 1. The van der Waals surface area contributed by atoms with Gasteiger partial charge in [-0.25, -0.2) is 0 Å². The van der Waals surface area contributed by atoms with E-state index in [1.54, 1.807) is 24.3 Å². The first-order chi connectivity index (χ1) is 12.0. The number of anilines is 1. The van der Waals surface area contributed by atoms with E-state index in [9.17, 15) is 10.1 Å². The van der Waals surface area contributed by atoms with E-state index in [2.05, 4.69) is 5.32 Å². The molecular formula is C20H17N3O2. The minimum atomic E-state index is -0.459. The van der Waals surface area contributed by atoms with Crippen LogP contribution in [0.25, 0.3) is 6.08 Å². The lowest BCUT2D eigenvalue weighted by Crippen LogP contribution is -2.14. The summed E-state index contributed by atoms with van der Waals surface area (Å²) in [6.45, 7) is 3.85. The Kier molecular flexibility index (Phi) is 5.92. The van der Waals surface area contributed by atoms with E-state index >= 15 is 0 Å². The van der Waals surface area contributed by atoms with Crippen molar-refractivity contribution in [3.63, 3.8) is 0 Å². The number of nitrogens with one attached hydrogen (secondary N) is 1. The molecule has 0 spiro atoms. The average Bonchev–Trinajstić information content (AvgIpc) is 2.61. The molecule has 0 aromatic heterocycles. The van der Waals surface area contributed by atoms with Gasteiger partial charge in [-0.1, -0.05) is 29.8 Å². The van der Waals surface area contributed by atoms with E-state index in [1.165, 1.54) is 6.08 Å². The number of carbonyl (C=O) groups is 1. The van der Waals surface area contributed by atoms with Crippen LogP contribution in [0.2, 0.25) is 0 Å². The maximum absolute atomic E-state index is 12.3. The number of hydrogen-bond acceptors (Lipinski definition) is 4. The molecule has 2 aromatic rings. The number of hydrogen-bond donors (Lipinski definition) is 1. The minimum absolute atomic E-state index is 0.00525. The normalized spacial score (nSPS) is 10.5. The third-order valence-electron chi connectivity index (χ3n) is 3.49. The lowest BCUT2D eigenvalue weighted by Gasteiger charge is -2.08. The summed E-state index contributed by atoms with van der Waals surface area (Å²) < 4.78 is 5.16. The van der Waals surface area contributed by atoms with Crippen molar-refractivity contribution >= 4 is 17.7 Å². The molecule has 1 amide bonds. The quantitative estimate of drug-likeness (QED) is 0.668. The SMILES string of the molecule is Cc1ccc(NC(=O)/C(C#N)=C/c2ccc(OCC#N)cc2)c(C)c1. The molecule has 0 heterocycles. The van der Waals surface area contributed by atoms with Crippen molar-refractivity contribution in [1.29, 1.82) is 10.5 Å². The summed E-state index contributed by atoms with van der Waals surface area (Å²) in [5, 5.41) is 20.5. The summed E-state index contributed by atoms with van der Waals surface area (Å²) in [6.07, 6.45) is 1.51. The molecule has 0 saturated carbocycles. The van der Waals surface area contributed by atoms with Crippen LogP contribution in [0, 0.1) is 36.5 Å². The molecule has 2 rings (SSSR count). The lowest BCUT2D eigenvalue weighted by atomic mass is 10.1. The first kappa shape index (κ1) is 17.8. The highest BCUT2D eigenvalue weighted by Gasteiger charge is 2.11. The van der Waals surface area contributed by atoms with Gasteiger partial charge in [0.05, 0.1) is 0 Å². The fourth-order valence-electron chi connectivity index (χ4n) is 2.23. The minimum Gasteiger partial charge on any atom is -0.479 e. The van der Waals surface area contributed by atoms with Crippen LogP contribution in [0.4, 0.5) is 5.69 Å². The average molecular weight is 331 g/mol. The van der Waals surface area contributed by atoms with Crippen LogP contribution in [0.3, 0.4) is 0 Å². The first-order valence-electron chi connectivity index (χ1n) is 7.63. The van der Waals surface area contributed by atoms with Gasteiger partial charge >= 0.3 is 0 Å². The smallest absolute Gasteiger partial charge is 0.266 e. The Morgan fingerprint density at radius 2 is 1.88 bits per heavy atom. The van der Waals surface area contributed by atoms with E-state index in [-0.39, 0.29) is 12.2 Å². The van der Waals surface area contributed by atoms with Crippen molar-refractivity contribution in [2.45, 2.75) is 13.8 Å². The summed E-state index contributed by atoms with van der Waals surface area (Å²) in [6, 6.07) is 16.3. The summed E-state index contributed by atoms with van der Waals surface area (Å²) in [5.74, 6) is 0.0937. The fraction of sp³-hybridized carbons (Fsp3) is 0.150. The van der Waals surface area contributed by atoms with Crippen LogP contribution in [-0.2, 0) is 4.79 Å². The molecule has 2 aromatic carbocycles. The fourth-order valence-corrected chi connectivity index (χ4v) is 2.23. The highest BCUT2D eigenvalue weighted by atomic mass is 16.5. The van der Waals surface area contributed by atoms with Crippen LogP contribution in [-0.4, -0.2) is 12.5 Å². The van der Waals surface area contributed by atoms with E-state index < -0.39 is 5.91 Å². The van der Waals surface area contributed by atoms with E-state index in [1.807, 2.05) is 44.2 Å². The second-order valence-electron chi connectivity index (χ2n) is 5.46. The molecule has 0 saturated heterocycles. The van der Waals surface area contributed by atoms with Gasteiger partial charge in [-0.05, 0) is 49.2 Å². The predicted octanol–water partition coefficient (Wildman–Crippen LogP) is 3.75. The Labute approximate surface area is 146 Å². The van der Waals surface area contributed by atoms with Gasteiger partial charge in [-0.2, -0.15) is 10.5 Å². The number of rotatable bonds is 5. The second-order valence-corrected chi connectivity index (χ2v) is 5.46. The topological polar surface area (TPSA) is 85.9 Å². The molecule has 25 heavy (non-hydrogen) atoms. The molecule has 0 aliphatic rings. The number of benzene rings is 2. The van der Waals surface area contributed by atoms with Gasteiger partial charge in [0.1, 0.15) is 23.5 Å². The number of nitriles is 2. The van der Waals surface area contributed by atoms with Crippen LogP contribution < -0.4 is 10.1 Å². The van der Waals surface area contributed by atoms with Gasteiger partial charge < -0.3 is 10.1 Å². The Morgan fingerprint density at radius 1 is 1.16 bits per heavy atom. The molecule has 0 aliphatic heterocycles. The molecule has 124 valence electrons. The van der Waals surface area contributed by atoms with Gasteiger partial charge in [-0.15, -0.1) is 0 Å². The lowest BCUT2D eigenvalue weighted by molar-refractivity contribution is -0.112. The molecule has 0 radical (unpaired) electrons. The Hall–Kier alpha value is -3.57. The van der Waals surface area contributed by atoms with Gasteiger partial charge in [0.15, 0.2) is 6.61 Å². The van der Waals surface area contributed by atoms with Crippen molar-refractivity contribution in [1.82, 2.24) is 0 Å². The molecule has 0 fully saturated rings. The first-order valence-corrected chi connectivity index (χ1v) is 7.63. The van der Waals surface area contributed by atoms with Gasteiger partial charge in [-0.3, -0.25) is 4.79 Å². The van der Waals surface area contributed by atoms with Crippen LogP contribution in [0.5, 0.6) is 5.75 Å². The zero-order chi connectivity index (χ0) is 18.2. The van der Waals surface area contributed by atoms with E-state index in [0.29, 0.717) is 17.0 Å². The number of amides is 1. The maximum Gasteiger partial charge on any atom is 0.266 e. The highest BCUT2D eigenvalue weighted by Crippen LogP contribution is 2.18. The molecule has 0 aliphatic carbocycles. The Morgan fingerprint density at radius 3 is 2.48 bits per heavy atom. The van der Waals surface area contributed by atoms with E-state index in [4.69, 9.17) is 10.00 Å². The number of aryl methyl sites for hydroxylation is 2. The van der Waals surface area contributed by atoms with Crippen molar-refractivity contribution in [2.75, 3.05) is 11.9 Å². The molecule has 1 N–H and O–H groups in total. The van der Waals surface area contributed by atoms with E-state index in [0.717, 1.165) is 11.1 Å². The van der Waals surface area contributed by atoms with Crippen LogP contribution >= 0.6 is 0 Å². The monoisotopic (exact) mass is 331 g/mol. The molecule has 0 bridgehead atoms. The zero-order valence-electron chi connectivity index (χ0n) is 14.0. The van der Waals surface area contributed by atoms with Gasteiger partial charge in [0.25, 0.3) is 5.91 Å². The van der Waals surface area contributed by atoms with Crippen molar-refractivity contribution in [3.8, 4) is 17.9 Å². The molecule has 5 nitrogen and oxygen atoms in total. The third kappa shape index (κ3) is 4.95. The predicted molar refractivity (Wildman–Crippen MR) is 95.7 cm³/mol. The number of nitrogens with zero attached hydrogens (tertiary/aromatic N) is 2. The highest BCUT2D eigenvalue weighted by molar-refractivity contribution is 6.09. The number of carbonyl (C=O) groups excluding carboxylic acids is 1. The summed E-state index contributed by atoms with van der Waals surface area (Å²) in [5.41, 5.74) is 3.41. The van der Waals surface area contributed by atoms with Crippen molar-refractivity contribution in [3.05, 3.63) is 64.7 Å². The molecule has 5 heteroatoms. The largest absolute Gasteiger partial charge is 0.479 e. The molecular weight excluding hydrogens is 314 g/mol. The van der Waals surface area contributed by atoms with Crippen LogP contribution in [0.1, 0.15) is 16.7 Å². The summed E-state index contributed by atoms with van der Waals surface area (Å²) in [7, 11) is 0. The zero-order valence-corrected chi connectivity index (χ0v) is 14.0. The third-order valence-corrected chi connectivity index (χ3v) is 3.49. The van der Waals surface area contributed by atoms with Crippen molar-refractivity contribution in [2.24, 2.45) is 0 Å². The maximum atomic E-state index is 12.3. The standard InChI is InChI=1S/C20H17N3O2/c1-14-3-8-19(15(2)11-14)23-20(24)17(13-22)12-16-4-6-18(7-5-16)25-10-9-21/h3-8,11-12H,10H2,1-2H3,(H,23,24)/b17-12+. The molecule has 0 unspecified atom stereocenters. The Balaban J connectivity index is 2.15. The van der Waals surface area contributed by atoms with Crippen LogP contribution in [0.15, 0.2) is 48.0 Å².